The summed E-state index contributed by atoms with van der Waals surface area (Å²) in [5, 5.41) is 0. The molecule has 3 heteroatoms. The molecular formula is C12H14B2N+. The zero-order valence-corrected chi connectivity index (χ0v) is 9.27. The van der Waals surface area contributed by atoms with Gasteiger partial charge in [0.2, 0.25) is 6.60 Å². The van der Waals surface area contributed by atoms with Crippen molar-refractivity contribution in [1.29, 1.82) is 0 Å². The fourth-order valence-corrected chi connectivity index (χ4v) is 2.57. The second-order valence-corrected chi connectivity index (χ2v) is 4.66. The van der Waals surface area contributed by atoms with Crippen molar-refractivity contribution >= 4 is 18.8 Å². The second kappa shape index (κ2) is 3.13. The Balaban J connectivity index is 2.14. The van der Waals surface area contributed by atoms with Crippen molar-refractivity contribution in [2.75, 3.05) is 7.05 Å². The van der Waals surface area contributed by atoms with Crippen LogP contribution in [0.2, 0.25) is 6.22 Å². The van der Waals surface area contributed by atoms with Crippen LogP contribution < -0.4 is 0 Å². The molecule has 0 spiro atoms. The minimum Gasteiger partial charge on any atom is -0.216 e. The van der Waals surface area contributed by atoms with Gasteiger partial charge in [0.25, 0.3) is 0 Å². The van der Waals surface area contributed by atoms with Gasteiger partial charge in [-0.25, -0.2) is 4.58 Å². The van der Waals surface area contributed by atoms with Crippen LogP contribution in [0.3, 0.4) is 0 Å². The summed E-state index contributed by atoms with van der Waals surface area (Å²) in [4.78, 5) is 0. The number of aryl methyl sites for hydroxylation is 1. The minimum atomic E-state index is 0.779. The quantitative estimate of drug-likeness (QED) is 0.472. The van der Waals surface area contributed by atoms with Crippen molar-refractivity contribution in [2.24, 2.45) is 0 Å². The Bertz CT molecular complexity index is 476. The van der Waals surface area contributed by atoms with Crippen LogP contribution in [0, 0.1) is 6.92 Å². The molecule has 0 bridgehead atoms. The van der Waals surface area contributed by atoms with Crippen LogP contribution in [-0.2, 0) is 0 Å². The Morgan fingerprint density at radius 2 is 2.07 bits per heavy atom. The highest BCUT2D eigenvalue weighted by atomic mass is 14.9. The lowest BCUT2D eigenvalue weighted by atomic mass is 9.35. The number of rotatable bonds is 1. The molecule has 0 saturated carbocycles. The number of nitrogens with zero attached hydrogens (tertiary/aromatic N) is 1. The highest BCUT2D eigenvalue weighted by molar-refractivity contribution is 7.53. The van der Waals surface area contributed by atoms with Gasteiger partial charge >= 0.3 is 0 Å². The van der Waals surface area contributed by atoms with E-state index in [-0.39, 0.29) is 0 Å². The number of hydrogen-bond acceptors (Lipinski definition) is 0. The van der Waals surface area contributed by atoms with Crippen LogP contribution in [0.4, 0.5) is 0 Å². The third kappa shape index (κ3) is 1.38. The SMILES string of the molecule is Cc1ccccc1C1=[N+](C)C=CB2CB21. The van der Waals surface area contributed by atoms with E-state index in [4.69, 9.17) is 0 Å². The van der Waals surface area contributed by atoms with Crippen molar-refractivity contribution in [3.63, 3.8) is 0 Å². The van der Waals surface area contributed by atoms with Crippen LogP contribution in [0.1, 0.15) is 11.1 Å². The largest absolute Gasteiger partial charge is 0.227 e. The molecule has 0 unspecified atom stereocenters. The average Bonchev–Trinajstić information content (AvgIpc) is 2.99. The maximum absolute atomic E-state index is 2.34. The van der Waals surface area contributed by atoms with Gasteiger partial charge < -0.3 is 0 Å². The predicted octanol–water partition coefficient (Wildman–Crippen LogP) is 1.65. The summed E-state index contributed by atoms with van der Waals surface area (Å²) in [6, 6.07) is 8.70. The lowest BCUT2D eigenvalue weighted by molar-refractivity contribution is -0.419. The van der Waals surface area contributed by atoms with Crippen molar-refractivity contribution in [2.45, 2.75) is 13.1 Å². The lowest BCUT2D eigenvalue weighted by Crippen LogP contribution is -2.29. The van der Waals surface area contributed by atoms with Crippen molar-refractivity contribution in [1.82, 2.24) is 0 Å². The van der Waals surface area contributed by atoms with Crippen molar-refractivity contribution in [3.8, 4) is 0 Å². The summed E-state index contributed by atoms with van der Waals surface area (Å²) in [5.74, 6) is 2.34. The number of fused-ring (bicyclic) bond motifs is 1. The number of hydrogen-bond donors (Lipinski definition) is 0. The summed E-state index contributed by atoms with van der Waals surface area (Å²) in [5.41, 5.74) is 4.33. The fourth-order valence-electron chi connectivity index (χ4n) is 2.57. The van der Waals surface area contributed by atoms with Gasteiger partial charge in [0, 0.05) is 5.56 Å². The first-order valence-corrected chi connectivity index (χ1v) is 5.61. The summed E-state index contributed by atoms with van der Waals surface area (Å²) >= 11 is 0. The second-order valence-electron chi connectivity index (χ2n) is 4.66. The minimum absolute atomic E-state index is 0.779. The van der Waals surface area contributed by atoms with Gasteiger partial charge in [-0.15, -0.1) is 0 Å². The molecule has 2 aliphatic rings. The van der Waals surface area contributed by atoms with Crippen LogP contribution in [0.15, 0.2) is 36.4 Å². The molecule has 0 radical (unpaired) electrons. The summed E-state index contributed by atoms with van der Waals surface area (Å²) in [6.45, 7) is 3.79. The Labute approximate surface area is 91.7 Å². The maximum Gasteiger partial charge on any atom is 0.227 e. The van der Waals surface area contributed by atoms with E-state index >= 15 is 0 Å². The molecule has 1 aromatic carbocycles. The van der Waals surface area contributed by atoms with Crippen LogP contribution in [0.25, 0.3) is 0 Å². The normalized spacial score (nSPS) is 18.3. The summed E-state index contributed by atoms with van der Waals surface area (Å²) in [6.07, 6.45) is 3.56. The Morgan fingerprint density at radius 3 is 2.87 bits per heavy atom. The third-order valence-corrected chi connectivity index (χ3v) is 3.55. The van der Waals surface area contributed by atoms with E-state index in [1.807, 2.05) is 0 Å². The Morgan fingerprint density at radius 1 is 1.27 bits per heavy atom. The van der Waals surface area contributed by atoms with Gasteiger partial charge in [0.05, 0.1) is 0 Å². The summed E-state index contributed by atoms with van der Waals surface area (Å²) < 4.78 is 2.29. The van der Waals surface area contributed by atoms with E-state index in [0.29, 0.717) is 0 Å². The van der Waals surface area contributed by atoms with E-state index in [1.165, 1.54) is 23.0 Å². The molecule has 0 aliphatic carbocycles. The van der Waals surface area contributed by atoms with Gasteiger partial charge in [0.1, 0.15) is 19.3 Å². The van der Waals surface area contributed by atoms with Crippen LogP contribution in [-0.4, -0.2) is 30.4 Å². The highest BCUT2D eigenvalue weighted by Gasteiger charge is 2.53. The maximum atomic E-state index is 2.34. The van der Waals surface area contributed by atoms with E-state index in [2.05, 4.69) is 55.0 Å². The van der Waals surface area contributed by atoms with Gasteiger partial charge in [0.15, 0.2) is 6.20 Å². The van der Waals surface area contributed by atoms with Gasteiger partial charge in [-0.1, -0.05) is 30.4 Å². The molecule has 1 saturated heterocycles. The topological polar surface area (TPSA) is 3.01 Å². The third-order valence-electron chi connectivity index (χ3n) is 3.55. The molecule has 1 aromatic rings. The molecule has 0 aromatic heterocycles. The highest BCUT2D eigenvalue weighted by Crippen LogP contribution is 2.28. The molecule has 15 heavy (non-hydrogen) atoms. The molecule has 1 nitrogen and oxygen atoms in total. The van der Waals surface area contributed by atoms with Gasteiger partial charge in [-0.2, -0.15) is 0 Å². The Kier molecular flexibility index (Phi) is 1.88. The lowest BCUT2D eigenvalue weighted by Gasteiger charge is -2.08. The van der Waals surface area contributed by atoms with E-state index in [1.54, 1.807) is 0 Å². The predicted molar refractivity (Wildman–Crippen MR) is 66.9 cm³/mol. The smallest absolute Gasteiger partial charge is 0.216 e. The molecule has 2 aliphatic heterocycles. The molecule has 3 rings (SSSR count). The van der Waals surface area contributed by atoms with E-state index < -0.39 is 0 Å². The first-order chi connectivity index (χ1) is 7.27. The van der Waals surface area contributed by atoms with E-state index in [0.717, 1.165) is 13.2 Å². The standard InChI is InChI=1S/C12H14B2N/c1-10-5-3-4-6-11(10)12-14-9-13(14)7-8-15(12)2/h3-8H,9H2,1-2H3/q+1. The molecular weight excluding hydrogens is 180 g/mol. The van der Waals surface area contributed by atoms with Gasteiger partial charge in [-0.05, 0) is 18.6 Å². The van der Waals surface area contributed by atoms with Crippen LogP contribution in [0.5, 0.6) is 0 Å². The molecule has 1 fully saturated rings. The van der Waals surface area contributed by atoms with Crippen molar-refractivity contribution in [3.05, 3.63) is 47.6 Å². The summed E-state index contributed by atoms with van der Waals surface area (Å²) in [7, 11) is 2.16. The first kappa shape index (κ1) is 9.02. The van der Waals surface area contributed by atoms with E-state index in [9.17, 15) is 0 Å². The molecule has 0 amide bonds. The van der Waals surface area contributed by atoms with Gasteiger partial charge in [-0.3, -0.25) is 0 Å². The first-order valence-electron chi connectivity index (χ1n) is 5.61. The molecule has 72 valence electrons. The zero-order valence-electron chi connectivity index (χ0n) is 9.27. The average molecular weight is 194 g/mol. The number of benzene rings is 1. The monoisotopic (exact) mass is 194 g/mol. The van der Waals surface area contributed by atoms with Crippen molar-refractivity contribution < 1.29 is 4.58 Å². The molecule has 2 heterocycles. The molecule has 0 atom stereocenters. The fraction of sp³-hybridized carbons (Fsp3) is 0.250. The Hall–Kier alpha value is -1.24. The van der Waals surface area contributed by atoms with Crippen LogP contribution >= 0.6 is 0 Å². The zero-order chi connectivity index (χ0) is 10.4. The molecule has 0 N–H and O–H groups in total.